The smallest absolute Gasteiger partial charge is 0.458 e. The highest BCUT2D eigenvalue weighted by Crippen LogP contribution is 2.33. The minimum absolute atomic E-state index is 0.130. The van der Waals surface area contributed by atoms with E-state index in [1.807, 2.05) is 37.3 Å². The number of nitrogens with one attached hydrogen (secondary N) is 4. The maximum Gasteiger partial charge on any atom is 0.458 e. The number of Topliss-reactive ketones (excluding diaryl/α,β-unsaturated/α-hetero) is 2. The van der Waals surface area contributed by atoms with Crippen LogP contribution in [0.1, 0.15) is 61.4 Å². The highest BCUT2D eigenvalue weighted by atomic mass is 19.4. The van der Waals surface area contributed by atoms with Crippen LogP contribution in [0.15, 0.2) is 48.8 Å². The number of alkyl halides is 6. The van der Waals surface area contributed by atoms with Crippen molar-refractivity contribution in [3.8, 4) is 0 Å². The largest absolute Gasteiger partial charge is 0.480 e. The zero-order chi connectivity index (χ0) is 43.3. The summed E-state index contributed by atoms with van der Waals surface area (Å²) in [5, 5.41) is 21.5. The number of aryl methyl sites for hydroxylation is 1. The second-order valence-electron chi connectivity index (χ2n) is 13.5. The maximum absolute atomic E-state index is 12.9. The second kappa shape index (κ2) is 20.6. The van der Waals surface area contributed by atoms with Crippen LogP contribution in [0.5, 0.6) is 0 Å². The predicted molar refractivity (Wildman–Crippen MR) is 201 cm³/mol. The average molecular weight is 839 g/mol. The van der Waals surface area contributed by atoms with E-state index in [0.29, 0.717) is 18.2 Å². The van der Waals surface area contributed by atoms with Crippen LogP contribution < -0.4 is 26.2 Å². The van der Waals surface area contributed by atoms with Crippen molar-refractivity contribution in [2.45, 2.75) is 82.7 Å². The van der Waals surface area contributed by atoms with Gasteiger partial charge in [-0.1, -0.05) is 43.3 Å². The summed E-state index contributed by atoms with van der Waals surface area (Å²) >= 11 is 0. The number of hydrogen-bond acceptors (Lipinski definition) is 12. The molecule has 320 valence electrons. The number of ether oxygens (including phenoxy) is 1. The first kappa shape index (κ1) is 45.7. The van der Waals surface area contributed by atoms with E-state index in [2.05, 4.69) is 48.3 Å². The van der Waals surface area contributed by atoms with Gasteiger partial charge in [-0.3, -0.25) is 9.59 Å². The molecule has 21 heteroatoms. The van der Waals surface area contributed by atoms with Crippen LogP contribution in [0, 0.1) is 0 Å². The molecule has 5 rings (SSSR count). The van der Waals surface area contributed by atoms with E-state index < -0.39 is 54.0 Å². The Bertz CT molecular complexity index is 1920. The number of piperidine rings is 1. The number of carbonyl (C=O) groups is 5. The number of benzene rings is 1. The van der Waals surface area contributed by atoms with Gasteiger partial charge in [-0.15, -0.1) is 0 Å². The maximum atomic E-state index is 12.9. The number of hydrogen-bond donors (Lipinski definition) is 5. The van der Waals surface area contributed by atoms with Gasteiger partial charge in [0.05, 0.1) is 6.61 Å². The minimum Gasteiger partial charge on any atom is -0.480 e. The Morgan fingerprint density at radius 1 is 0.915 bits per heavy atom. The molecule has 1 unspecified atom stereocenters. The fraction of sp³-hybridized carbons (Fsp3) is 0.474. The van der Waals surface area contributed by atoms with Gasteiger partial charge >= 0.3 is 41.9 Å². The molecule has 3 aromatic rings. The standard InChI is InChI=1S/C34H44N8O5.C4F6O2/c1-3-25-30(36-20-28(32(43)44)41-34(46)40-27(33(45)47-4-2)19-22-9-6-5-7-10-22)37-21-38-31(25)42-17-14-23(15-18-42)26-13-12-24-11-8-16-35-29(24)39-26;5-3(6,7)1(11)2(12)4(8,9)10/h5-7,9-10,12-13,21,23,27-28H,3-4,8,11,14-20H2,1-2H3,(H,35,39)(H,43,44)(H,36,37,38)(H2,40,41,46);/t27?,28-;/m0./s1. The number of rotatable bonds is 14. The number of halogens is 6. The fourth-order valence-corrected chi connectivity index (χ4v) is 6.41. The third-order valence-electron chi connectivity index (χ3n) is 9.36. The molecule has 0 radical (unpaired) electrons. The van der Waals surface area contributed by atoms with Gasteiger partial charge in [0.25, 0.3) is 0 Å². The topological polar surface area (TPSA) is 205 Å². The van der Waals surface area contributed by atoms with Gasteiger partial charge in [0.15, 0.2) is 0 Å². The van der Waals surface area contributed by atoms with Crippen LogP contribution in [0.3, 0.4) is 0 Å². The number of carboxylic acids is 1. The second-order valence-corrected chi connectivity index (χ2v) is 13.5. The van der Waals surface area contributed by atoms with Crippen molar-refractivity contribution in [2.75, 3.05) is 48.3 Å². The molecule has 2 atom stereocenters. The number of amides is 2. The molecule has 2 aromatic heterocycles. The summed E-state index contributed by atoms with van der Waals surface area (Å²) < 4.78 is 72.1. The van der Waals surface area contributed by atoms with E-state index in [-0.39, 0.29) is 19.6 Å². The normalized spacial score (nSPS) is 15.2. The van der Waals surface area contributed by atoms with Crippen LogP contribution >= 0.6 is 0 Å². The summed E-state index contributed by atoms with van der Waals surface area (Å²) in [7, 11) is 0. The summed E-state index contributed by atoms with van der Waals surface area (Å²) in [6.07, 6.45) is -5.15. The molecule has 1 aromatic carbocycles. The van der Waals surface area contributed by atoms with Crippen LogP contribution in [-0.2, 0) is 43.2 Å². The van der Waals surface area contributed by atoms with Crippen molar-refractivity contribution >= 4 is 47.0 Å². The number of fused-ring (bicyclic) bond motifs is 1. The van der Waals surface area contributed by atoms with E-state index in [4.69, 9.17) is 9.72 Å². The Kier molecular flexibility index (Phi) is 15.9. The number of aromatic nitrogens is 3. The Balaban J connectivity index is 0.000000556. The number of nitrogens with zero attached hydrogens (tertiary/aromatic N) is 4. The molecule has 1 fully saturated rings. The van der Waals surface area contributed by atoms with Crippen LogP contribution in [0.25, 0.3) is 0 Å². The van der Waals surface area contributed by atoms with Crippen LogP contribution in [-0.4, -0.2) is 107 Å². The molecule has 0 aliphatic carbocycles. The summed E-state index contributed by atoms with van der Waals surface area (Å²) in [6.45, 7) is 6.29. The van der Waals surface area contributed by atoms with Crippen molar-refractivity contribution in [1.82, 2.24) is 25.6 Å². The van der Waals surface area contributed by atoms with Gasteiger partial charge in [-0.25, -0.2) is 29.3 Å². The monoisotopic (exact) mass is 838 g/mol. The van der Waals surface area contributed by atoms with Crippen LogP contribution in [0.2, 0.25) is 0 Å². The Hall–Kier alpha value is -6.02. The number of anilines is 3. The van der Waals surface area contributed by atoms with E-state index in [1.165, 1.54) is 11.9 Å². The Morgan fingerprint density at radius 3 is 2.15 bits per heavy atom. The van der Waals surface area contributed by atoms with Crippen LogP contribution in [0.4, 0.5) is 48.6 Å². The average Bonchev–Trinajstić information content (AvgIpc) is 3.21. The summed E-state index contributed by atoms with van der Waals surface area (Å²) in [5.74, 6) is -5.92. The van der Waals surface area contributed by atoms with E-state index in [0.717, 1.165) is 73.8 Å². The lowest BCUT2D eigenvalue weighted by Crippen LogP contribution is -2.53. The molecule has 2 aliphatic rings. The molecule has 5 N–H and O–H groups in total. The number of ketones is 2. The number of pyridine rings is 1. The first-order valence-electron chi connectivity index (χ1n) is 18.7. The third-order valence-corrected chi connectivity index (χ3v) is 9.36. The molecule has 59 heavy (non-hydrogen) atoms. The van der Waals surface area contributed by atoms with Crippen molar-refractivity contribution in [3.63, 3.8) is 0 Å². The molecule has 4 heterocycles. The number of aliphatic carboxylic acids is 1. The minimum atomic E-state index is -5.77. The van der Waals surface area contributed by atoms with E-state index in [9.17, 15) is 55.4 Å². The van der Waals surface area contributed by atoms with E-state index >= 15 is 0 Å². The number of urea groups is 1. The lowest BCUT2D eigenvalue weighted by Gasteiger charge is -2.34. The van der Waals surface area contributed by atoms with Gasteiger partial charge in [0.1, 0.15) is 35.9 Å². The fourth-order valence-electron chi connectivity index (χ4n) is 6.41. The summed E-state index contributed by atoms with van der Waals surface area (Å²) in [4.78, 5) is 73.1. The molecule has 2 aliphatic heterocycles. The molecular formula is C38H44F6N8O7. The molecule has 15 nitrogen and oxygen atoms in total. The highest BCUT2D eigenvalue weighted by molar-refractivity contribution is 6.41. The quantitative estimate of drug-likeness (QED) is 0.0845. The molecule has 0 spiro atoms. The molecular weight excluding hydrogens is 794 g/mol. The van der Waals surface area contributed by atoms with Crippen molar-refractivity contribution < 1.29 is 60.2 Å². The predicted octanol–water partition coefficient (Wildman–Crippen LogP) is 4.76. The zero-order valence-corrected chi connectivity index (χ0v) is 32.1. The van der Waals surface area contributed by atoms with Crippen molar-refractivity contribution in [2.24, 2.45) is 0 Å². The number of carboxylic acid groups (broad SMARTS) is 1. The lowest BCUT2D eigenvalue weighted by molar-refractivity contribution is -0.193. The third kappa shape index (κ3) is 13.0. The highest BCUT2D eigenvalue weighted by Gasteiger charge is 2.54. The van der Waals surface area contributed by atoms with Gasteiger partial charge in [-0.05, 0) is 56.2 Å². The number of esters is 1. The van der Waals surface area contributed by atoms with Gasteiger partial charge in [0, 0.05) is 49.8 Å². The Morgan fingerprint density at radius 2 is 1.56 bits per heavy atom. The summed E-state index contributed by atoms with van der Waals surface area (Å²) in [6, 6.07) is 10.5. The Labute approximate surface area is 334 Å². The first-order valence-corrected chi connectivity index (χ1v) is 18.7. The van der Waals surface area contributed by atoms with Gasteiger partial charge < -0.3 is 36.0 Å². The van der Waals surface area contributed by atoms with E-state index in [1.54, 1.807) is 6.92 Å². The molecule has 0 bridgehead atoms. The molecule has 0 saturated carbocycles. The summed E-state index contributed by atoms with van der Waals surface area (Å²) in [5.41, 5.74) is 4.12. The van der Waals surface area contributed by atoms with Crippen molar-refractivity contribution in [3.05, 3.63) is 71.2 Å². The van der Waals surface area contributed by atoms with Gasteiger partial charge in [-0.2, -0.15) is 26.3 Å². The lowest BCUT2D eigenvalue weighted by atomic mass is 9.92. The SMILES string of the molecule is CCOC(=O)C(Cc1ccccc1)NC(=O)N[C@@H](CNc1ncnc(N2CCC(c3ccc4c(n3)NCCC4)CC2)c1CC)C(=O)O.O=C(C(=O)C(F)(F)F)C(F)(F)F. The molecule has 1 saturated heterocycles. The number of carbonyl (C=O) groups excluding carboxylic acids is 4. The molecule has 2 amide bonds. The zero-order valence-electron chi connectivity index (χ0n) is 32.1. The van der Waals surface area contributed by atoms with Crippen molar-refractivity contribution in [1.29, 1.82) is 0 Å². The van der Waals surface area contributed by atoms with Gasteiger partial charge in [0.2, 0.25) is 0 Å². The first-order chi connectivity index (χ1) is 27.9.